The minimum Gasteiger partial charge on any atom is -0.378 e. The Morgan fingerprint density at radius 2 is 1.86 bits per heavy atom. The Labute approximate surface area is 128 Å². The number of carbonyl (C=O) groups excluding carboxylic acids is 1. The average Bonchev–Trinajstić information content (AvgIpc) is 2.57. The van der Waals surface area contributed by atoms with Crippen LogP contribution in [0.1, 0.15) is 0 Å². The van der Waals surface area contributed by atoms with Gasteiger partial charge in [0.05, 0.1) is 19.4 Å². The van der Waals surface area contributed by atoms with E-state index in [1.807, 2.05) is 24.3 Å². The maximum absolute atomic E-state index is 11.9. The van der Waals surface area contributed by atoms with Gasteiger partial charge in [-0.3, -0.25) is 10.3 Å². The normalized spacial score (nSPS) is 14.5. The van der Waals surface area contributed by atoms with Crippen LogP contribution in [0.15, 0.2) is 42.9 Å². The summed E-state index contributed by atoms with van der Waals surface area (Å²) in [6, 6.07) is 7.38. The van der Waals surface area contributed by atoms with E-state index in [0.29, 0.717) is 5.82 Å². The molecule has 2 N–H and O–H groups in total. The number of benzene rings is 1. The number of hydrogen-bond donors (Lipinski definition) is 2. The lowest BCUT2D eigenvalue weighted by molar-refractivity contribution is 0.122. The SMILES string of the molecule is O=C(Nc1ccc(N2CCOCC2)cc1)Nc1cnccn1. The molecule has 0 unspecified atom stereocenters. The molecule has 2 heterocycles. The number of nitrogens with zero attached hydrogens (tertiary/aromatic N) is 3. The zero-order valence-corrected chi connectivity index (χ0v) is 12.0. The third kappa shape index (κ3) is 3.70. The van der Waals surface area contributed by atoms with Crippen LogP contribution in [0, 0.1) is 0 Å². The van der Waals surface area contributed by atoms with Gasteiger partial charge in [-0.05, 0) is 24.3 Å². The van der Waals surface area contributed by atoms with E-state index >= 15 is 0 Å². The van der Waals surface area contributed by atoms with Crippen LogP contribution in [-0.4, -0.2) is 42.3 Å². The largest absolute Gasteiger partial charge is 0.378 e. The highest BCUT2D eigenvalue weighted by Crippen LogP contribution is 2.19. The number of rotatable bonds is 3. The van der Waals surface area contributed by atoms with Crippen LogP contribution in [0.2, 0.25) is 0 Å². The molecule has 114 valence electrons. The van der Waals surface area contributed by atoms with E-state index in [-0.39, 0.29) is 6.03 Å². The first-order valence-electron chi connectivity index (χ1n) is 7.08. The van der Waals surface area contributed by atoms with Crippen molar-refractivity contribution in [1.82, 2.24) is 9.97 Å². The number of ether oxygens (including phenoxy) is 1. The van der Waals surface area contributed by atoms with Gasteiger partial charge in [-0.15, -0.1) is 0 Å². The van der Waals surface area contributed by atoms with E-state index in [1.54, 1.807) is 6.20 Å². The third-order valence-electron chi connectivity index (χ3n) is 3.31. The van der Waals surface area contributed by atoms with E-state index in [4.69, 9.17) is 4.74 Å². The Hall–Kier alpha value is -2.67. The Morgan fingerprint density at radius 1 is 1.09 bits per heavy atom. The minimum absolute atomic E-state index is 0.348. The van der Waals surface area contributed by atoms with Crippen LogP contribution in [-0.2, 0) is 4.74 Å². The first-order chi connectivity index (χ1) is 10.8. The molecule has 1 aromatic carbocycles. The van der Waals surface area contributed by atoms with E-state index in [9.17, 15) is 4.79 Å². The minimum atomic E-state index is -0.348. The Balaban J connectivity index is 1.57. The molecule has 1 saturated heterocycles. The van der Waals surface area contributed by atoms with Gasteiger partial charge in [0.1, 0.15) is 0 Å². The molecule has 3 rings (SSSR count). The predicted molar refractivity (Wildman–Crippen MR) is 84.1 cm³/mol. The van der Waals surface area contributed by atoms with E-state index < -0.39 is 0 Å². The van der Waals surface area contributed by atoms with Crippen LogP contribution in [0.3, 0.4) is 0 Å². The number of aromatic nitrogens is 2. The van der Waals surface area contributed by atoms with E-state index in [2.05, 4.69) is 25.5 Å². The molecule has 2 amide bonds. The van der Waals surface area contributed by atoms with Crippen molar-refractivity contribution in [2.24, 2.45) is 0 Å². The van der Waals surface area contributed by atoms with Crippen molar-refractivity contribution in [2.75, 3.05) is 41.8 Å². The average molecular weight is 299 g/mol. The monoisotopic (exact) mass is 299 g/mol. The fraction of sp³-hybridized carbons (Fsp3) is 0.267. The number of urea groups is 1. The fourth-order valence-corrected chi connectivity index (χ4v) is 2.22. The Bertz CT molecular complexity index is 612. The van der Waals surface area contributed by atoms with Crippen LogP contribution in [0.25, 0.3) is 0 Å². The number of hydrogen-bond acceptors (Lipinski definition) is 5. The molecule has 0 saturated carbocycles. The number of anilines is 3. The molecule has 0 atom stereocenters. The molecule has 2 aromatic rings. The summed E-state index contributed by atoms with van der Waals surface area (Å²) in [6.45, 7) is 3.28. The van der Waals surface area contributed by atoms with Crippen LogP contribution in [0.5, 0.6) is 0 Å². The van der Waals surface area contributed by atoms with Gasteiger partial charge in [-0.2, -0.15) is 0 Å². The summed E-state index contributed by atoms with van der Waals surface area (Å²) in [6.07, 6.45) is 4.56. The number of amides is 2. The zero-order chi connectivity index (χ0) is 15.2. The van der Waals surface area contributed by atoms with Crippen LogP contribution >= 0.6 is 0 Å². The summed E-state index contributed by atoms with van der Waals surface area (Å²) in [5.41, 5.74) is 1.85. The quantitative estimate of drug-likeness (QED) is 0.905. The van der Waals surface area contributed by atoms with Crippen molar-refractivity contribution in [3.05, 3.63) is 42.9 Å². The standard InChI is InChI=1S/C15H17N5O2/c21-15(19-14-11-16-5-6-17-14)18-12-1-3-13(4-2-12)20-7-9-22-10-8-20/h1-6,11H,7-10H2,(H2,17,18,19,21). The van der Waals surface area contributed by atoms with Crippen molar-refractivity contribution in [2.45, 2.75) is 0 Å². The molecular formula is C15H17N5O2. The molecular weight excluding hydrogens is 282 g/mol. The predicted octanol–water partition coefficient (Wildman–Crippen LogP) is 1.96. The second kappa shape index (κ2) is 6.86. The van der Waals surface area contributed by atoms with Gasteiger partial charge in [0.15, 0.2) is 5.82 Å². The Kier molecular flexibility index (Phi) is 4.45. The van der Waals surface area contributed by atoms with Gasteiger partial charge in [0.25, 0.3) is 0 Å². The summed E-state index contributed by atoms with van der Waals surface area (Å²) >= 11 is 0. The lowest BCUT2D eigenvalue weighted by atomic mass is 10.2. The first-order valence-corrected chi connectivity index (χ1v) is 7.08. The zero-order valence-electron chi connectivity index (χ0n) is 12.0. The maximum Gasteiger partial charge on any atom is 0.324 e. The molecule has 0 spiro atoms. The van der Waals surface area contributed by atoms with Gasteiger partial charge < -0.3 is 15.0 Å². The second-order valence-electron chi connectivity index (χ2n) is 4.82. The molecule has 0 bridgehead atoms. The van der Waals surface area contributed by atoms with Crippen molar-refractivity contribution in [3.8, 4) is 0 Å². The highest BCUT2D eigenvalue weighted by Gasteiger charge is 2.11. The summed E-state index contributed by atoms with van der Waals surface area (Å²) in [5.74, 6) is 0.407. The highest BCUT2D eigenvalue weighted by molar-refractivity contribution is 5.99. The third-order valence-corrected chi connectivity index (χ3v) is 3.31. The molecule has 1 aromatic heterocycles. The lowest BCUT2D eigenvalue weighted by Crippen LogP contribution is -2.36. The smallest absolute Gasteiger partial charge is 0.324 e. The summed E-state index contributed by atoms with van der Waals surface area (Å²) in [7, 11) is 0. The molecule has 22 heavy (non-hydrogen) atoms. The summed E-state index contributed by atoms with van der Waals surface area (Å²) in [5, 5.41) is 5.38. The number of carbonyl (C=O) groups is 1. The topological polar surface area (TPSA) is 79.4 Å². The lowest BCUT2D eigenvalue weighted by Gasteiger charge is -2.28. The van der Waals surface area contributed by atoms with Gasteiger partial charge in [0.2, 0.25) is 0 Å². The van der Waals surface area contributed by atoms with Crippen LogP contribution in [0.4, 0.5) is 22.0 Å². The first kappa shape index (κ1) is 14.3. The van der Waals surface area contributed by atoms with Gasteiger partial charge >= 0.3 is 6.03 Å². The molecule has 7 nitrogen and oxygen atoms in total. The molecule has 0 aliphatic carbocycles. The number of nitrogens with one attached hydrogen (secondary N) is 2. The molecule has 1 fully saturated rings. The van der Waals surface area contributed by atoms with Crippen LogP contribution < -0.4 is 15.5 Å². The second-order valence-corrected chi connectivity index (χ2v) is 4.82. The molecule has 1 aliphatic heterocycles. The molecule has 7 heteroatoms. The molecule has 0 radical (unpaired) electrons. The van der Waals surface area contributed by atoms with Crippen molar-refractivity contribution < 1.29 is 9.53 Å². The van der Waals surface area contributed by atoms with Crippen molar-refractivity contribution in [1.29, 1.82) is 0 Å². The highest BCUT2D eigenvalue weighted by atomic mass is 16.5. The van der Waals surface area contributed by atoms with E-state index in [0.717, 1.165) is 37.7 Å². The van der Waals surface area contributed by atoms with Crippen molar-refractivity contribution >= 4 is 23.2 Å². The van der Waals surface area contributed by atoms with Crippen molar-refractivity contribution in [3.63, 3.8) is 0 Å². The van der Waals surface area contributed by atoms with Gasteiger partial charge in [-0.1, -0.05) is 0 Å². The fourth-order valence-electron chi connectivity index (χ4n) is 2.22. The van der Waals surface area contributed by atoms with Gasteiger partial charge in [0, 0.05) is 36.9 Å². The number of morpholine rings is 1. The molecule has 1 aliphatic rings. The maximum atomic E-state index is 11.9. The summed E-state index contributed by atoms with van der Waals surface area (Å²) in [4.78, 5) is 22.0. The summed E-state index contributed by atoms with van der Waals surface area (Å²) < 4.78 is 5.34. The van der Waals surface area contributed by atoms with Gasteiger partial charge in [-0.25, -0.2) is 9.78 Å². The van der Waals surface area contributed by atoms with E-state index in [1.165, 1.54) is 12.4 Å². The Morgan fingerprint density at radius 3 is 2.55 bits per heavy atom.